The molecule has 0 spiro atoms. The van der Waals surface area contributed by atoms with Crippen LogP contribution in [0, 0.1) is 0 Å². The van der Waals surface area contributed by atoms with Gasteiger partial charge in [-0.1, -0.05) is 0 Å². The average molecular weight is 173 g/mol. The van der Waals surface area contributed by atoms with Gasteiger partial charge in [0.05, 0.1) is 0 Å². The Morgan fingerprint density at radius 3 is 0.833 bits per heavy atom. The van der Waals surface area contributed by atoms with Gasteiger partial charge in [-0.3, -0.25) is 0 Å². The zero-order chi connectivity index (χ0) is 0. The second-order valence-electron chi connectivity index (χ2n) is 0. The molecule has 2 nitrogen and oxygen atoms in total. The fraction of sp³-hybridized carbons (Fsp3) is 0. The molecule has 0 fully saturated rings. The summed E-state index contributed by atoms with van der Waals surface area (Å²) in [7, 11) is 0. The predicted octanol–water partition coefficient (Wildman–Crippen LogP) is -8.18. The van der Waals surface area contributed by atoms with Gasteiger partial charge in [-0.15, -0.1) is 0 Å². The molecule has 0 amide bonds. The molecule has 0 saturated carbocycles. The second kappa shape index (κ2) is 50.2. The molecule has 6 heteroatoms. The monoisotopic (exact) mass is 172 g/mol. The Balaban J connectivity index is 0. The largest absolute Gasteiger partial charge is 2.00 e. The molecule has 0 saturated heterocycles. The number of hydrogen-bond acceptors (Lipinski definition) is 0. The Hall–Kier alpha value is 2.53. The van der Waals surface area contributed by atoms with Crippen LogP contribution >= 0.6 is 0 Å². The van der Waals surface area contributed by atoms with E-state index in [4.69, 9.17) is 0 Å². The molecule has 0 aromatic carbocycles. The van der Waals surface area contributed by atoms with Crippen molar-refractivity contribution in [3.8, 4) is 0 Å². The molecule has 0 aliphatic carbocycles. The normalized spacial score (nSPS) is 0. The second-order valence-corrected chi connectivity index (χ2v) is 0. The first-order valence-corrected chi connectivity index (χ1v) is 0. The van der Waals surface area contributed by atoms with E-state index in [1.54, 1.807) is 0 Å². The Morgan fingerprint density at radius 2 is 0.833 bits per heavy atom. The van der Waals surface area contributed by atoms with Gasteiger partial charge in [0.15, 0.2) is 0 Å². The minimum Gasteiger partial charge on any atom is -1.00 e. The standard InChI is InChI=1S/Ca.2ClH.Mg.2H2O.2H/h;2*1H;;2*1H2;;/q+2;;;+2;;;2*-1/p-2. The van der Waals surface area contributed by atoms with E-state index >= 15 is 0 Å². The van der Waals surface area contributed by atoms with Gasteiger partial charge in [-0.05, 0) is 0 Å². The van der Waals surface area contributed by atoms with Crippen molar-refractivity contribution in [2.45, 2.75) is 0 Å². The van der Waals surface area contributed by atoms with Crippen LogP contribution in [-0.4, -0.2) is 71.7 Å². The van der Waals surface area contributed by atoms with Crippen LogP contribution in [0.2, 0.25) is 0 Å². The van der Waals surface area contributed by atoms with Crippen molar-refractivity contribution >= 4 is 60.8 Å². The first kappa shape index (κ1) is 75.7. The summed E-state index contributed by atoms with van der Waals surface area (Å²) in [5, 5.41) is 0. The van der Waals surface area contributed by atoms with E-state index in [-0.39, 0.29) is 99.4 Å². The van der Waals surface area contributed by atoms with E-state index in [1.807, 2.05) is 0 Å². The molecular formula is H6CaCl2MgO2. The van der Waals surface area contributed by atoms with Crippen LogP contribution in [0.3, 0.4) is 0 Å². The number of hydrogen-bond donors (Lipinski definition) is 0. The molecule has 4 N–H and O–H groups in total. The van der Waals surface area contributed by atoms with Gasteiger partial charge in [-0.25, -0.2) is 0 Å². The fourth-order valence-electron chi connectivity index (χ4n) is 0. The first-order chi connectivity index (χ1) is 0. The maximum Gasteiger partial charge on any atom is 2.00 e. The van der Waals surface area contributed by atoms with Gasteiger partial charge in [0.2, 0.25) is 0 Å². The summed E-state index contributed by atoms with van der Waals surface area (Å²) in [5.41, 5.74) is 0. The molecule has 0 rings (SSSR count). The van der Waals surface area contributed by atoms with Crippen molar-refractivity contribution in [3.05, 3.63) is 0 Å². The molecule has 6 heavy (non-hydrogen) atoms. The molecular weight excluding hydrogens is 167 g/mol. The van der Waals surface area contributed by atoms with Crippen LogP contribution in [0.4, 0.5) is 0 Å². The molecule has 0 atom stereocenters. The summed E-state index contributed by atoms with van der Waals surface area (Å²) >= 11 is 0. The summed E-state index contributed by atoms with van der Waals surface area (Å²) in [6.07, 6.45) is 0. The predicted molar refractivity (Wildman–Crippen MR) is 21.0 cm³/mol. The van der Waals surface area contributed by atoms with Gasteiger partial charge in [0, 0.05) is 0 Å². The van der Waals surface area contributed by atoms with Crippen molar-refractivity contribution in [2.24, 2.45) is 0 Å². The third kappa shape index (κ3) is 31.2. The molecule has 0 heterocycles. The molecule has 0 bridgehead atoms. The van der Waals surface area contributed by atoms with Gasteiger partial charge in [-0.2, -0.15) is 0 Å². The topological polar surface area (TPSA) is 63.0 Å². The minimum atomic E-state index is 0. The van der Waals surface area contributed by atoms with Crippen LogP contribution < -0.4 is 24.8 Å². The average Bonchev–Trinajstić information content (AvgIpc) is 0. The zero-order valence-electron chi connectivity index (χ0n) is 5.17. The van der Waals surface area contributed by atoms with Crippen molar-refractivity contribution in [1.82, 2.24) is 0 Å². The maximum atomic E-state index is 0. The zero-order valence-corrected chi connectivity index (χ0v) is 8.30. The van der Waals surface area contributed by atoms with E-state index in [2.05, 4.69) is 0 Å². The SMILES string of the molecule is O.O.[Ca+2].[Cl-].[Cl-].[H-].[H-].[Mg+2]. The summed E-state index contributed by atoms with van der Waals surface area (Å²) in [6, 6.07) is 0. The molecule has 0 radical (unpaired) electrons. The van der Waals surface area contributed by atoms with E-state index in [1.165, 1.54) is 0 Å². The summed E-state index contributed by atoms with van der Waals surface area (Å²) in [6.45, 7) is 0. The fourth-order valence-corrected chi connectivity index (χ4v) is 0. The van der Waals surface area contributed by atoms with Crippen LogP contribution in [0.25, 0.3) is 0 Å². The summed E-state index contributed by atoms with van der Waals surface area (Å²) in [5.74, 6) is 0. The van der Waals surface area contributed by atoms with Gasteiger partial charge < -0.3 is 38.6 Å². The third-order valence-electron chi connectivity index (χ3n) is 0. The Morgan fingerprint density at radius 1 is 0.833 bits per heavy atom. The smallest absolute Gasteiger partial charge is 1.00 e. The van der Waals surface area contributed by atoms with Crippen LogP contribution in [0.1, 0.15) is 2.85 Å². The van der Waals surface area contributed by atoms with Gasteiger partial charge in [0.25, 0.3) is 0 Å². The van der Waals surface area contributed by atoms with E-state index in [0.717, 1.165) is 0 Å². The minimum absolute atomic E-state index is 0. The van der Waals surface area contributed by atoms with Crippen molar-refractivity contribution in [2.75, 3.05) is 0 Å². The van der Waals surface area contributed by atoms with Crippen LogP contribution in [0.5, 0.6) is 0 Å². The van der Waals surface area contributed by atoms with Gasteiger partial charge in [0.1, 0.15) is 0 Å². The summed E-state index contributed by atoms with van der Waals surface area (Å²) in [4.78, 5) is 0. The third-order valence-corrected chi connectivity index (χ3v) is 0. The van der Waals surface area contributed by atoms with Crippen LogP contribution in [-0.2, 0) is 0 Å². The Labute approximate surface area is 98.0 Å². The quantitative estimate of drug-likeness (QED) is 0.327. The van der Waals surface area contributed by atoms with Gasteiger partial charge >= 0.3 is 60.8 Å². The molecule has 36 valence electrons. The molecule has 0 aromatic rings. The van der Waals surface area contributed by atoms with Crippen molar-refractivity contribution < 1.29 is 38.6 Å². The summed E-state index contributed by atoms with van der Waals surface area (Å²) < 4.78 is 0. The Kier molecular flexibility index (Phi) is 634. The number of rotatable bonds is 0. The molecule has 0 unspecified atom stereocenters. The molecule has 0 aliphatic heterocycles. The van der Waals surface area contributed by atoms with Crippen LogP contribution in [0.15, 0.2) is 0 Å². The molecule has 0 aromatic heterocycles. The van der Waals surface area contributed by atoms with E-state index in [9.17, 15) is 0 Å². The Bertz CT molecular complexity index is 18.0. The van der Waals surface area contributed by atoms with Crippen molar-refractivity contribution in [3.63, 3.8) is 0 Å². The van der Waals surface area contributed by atoms with E-state index < -0.39 is 0 Å². The maximum absolute atomic E-state index is 0. The first-order valence-electron chi connectivity index (χ1n) is 0. The number of halogens is 2. The molecule has 0 aliphatic rings. The van der Waals surface area contributed by atoms with Crippen molar-refractivity contribution in [1.29, 1.82) is 0 Å². The van der Waals surface area contributed by atoms with E-state index in [0.29, 0.717) is 0 Å².